The van der Waals surface area contributed by atoms with E-state index in [9.17, 15) is 9.59 Å². The minimum Gasteiger partial charge on any atom is -0.447 e. The lowest BCUT2D eigenvalue weighted by Crippen LogP contribution is -2.30. The molecule has 0 spiro atoms. The highest BCUT2D eigenvalue weighted by Gasteiger charge is 2.23. The Kier molecular flexibility index (Phi) is 5.00. The van der Waals surface area contributed by atoms with Crippen molar-refractivity contribution in [3.05, 3.63) is 59.5 Å². The van der Waals surface area contributed by atoms with Crippen LogP contribution in [0.4, 0.5) is 5.13 Å². The third-order valence-electron chi connectivity index (χ3n) is 4.07. The fourth-order valence-corrected chi connectivity index (χ4v) is 3.26. The quantitative estimate of drug-likeness (QED) is 0.505. The lowest BCUT2D eigenvalue weighted by Gasteiger charge is -2.10. The summed E-state index contributed by atoms with van der Waals surface area (Å²) in [6, 6.07) is 11.4. The summed E-state index contributed by atoms with van der Waals surface area (Å²) >= 11 is 1.29. The molecule has 4 aromatic rings. The SMILES string of the molecule is Cc1ccnc2nc(C(=O)O[C@H](C)C(=O)Nc3nc(-c4ccccc4)cs3)nn12. The Morgan fingerprint density at radius 3 is 2.72 bits per heavy atom. The van der Waals surface area contributed by atoms with E-state index in [0.29, 0.717) is 5.13 Å². The third-order valence-corrected chi connectivity index (χ3v) is 4.83. The number of fused-ring (bicyclic) bond motifs is 1. The van der Waals surface area contributed by atoms with Gasteiger partial charge in [0, 0.05) is 22.8 Å². The Balaban J connectivity index is 1.41. The number of rotatable bonds is 5. The lowest BCUT2D eigenvalue weighted by molar-refractivity contribution is -0.123. The van der Waals surface area contributed by atoms with Crippen molar-refractivity contribution in [1.29, 1.82) is 0 Å². The van der Waals surface area contributed by atoms with E-state index >= 15 is 0 Å². The summed E-state index contributed by atoms with van der Waals surface area (Å²) in [5.41, 5.74) is 2.48. The van der Waals surface area contributed by atoms with Gasteiger partial charge in [-0.15, -0.1) is 16.4 Å². The van der Waals surface area contributed by atoms with Gasteiger partial charge in [-0.2, -0.15) is 4.98 Å². The molecule has 3 aromatic heterocycles. The molecule has 29 heavy (non-hydrogen) atoms. The molecule has 1 amide bonds. The number of carbonyl (C=O) groups is 2. The standard InChI is InChI=1S/C19H16N6O3S/c1-11-8-9-20-18-22-15(24-25(11)18)17(27)28-12(2)16(26)23-19-21-14(10-29-19)13-6-4-3-5-7-13/h3-10,12H,1-2H3,(H,21,23,26)/t12-/m1/s1. The van der Waals surface area contributed by atoms with Crippen molar-refractivity contribution < 1.29 is 14.3 Å². The normalized spacial score (nSPS) is 11.9. The van der Waals surface area contributed by atoms with Crippen molar-refractivity contribution in [2.45, 2.75) is 20.0 Å². The van der Waals surface area contributed by atoms with E-state index in [1.807, 2.05) is 42.6 Å². The number of amides is 1. The first-order chi connectivity index (χ1) is 14.0. The highest BCUT2D eigenvalue weighted by atomic mass is 32.1. The molecular formula is C19H16N6O3S. The van der Waals surface area contributed by atoms with Crippen molar-refractivity contribution in [1.82, 2.24) is 24.6 Å². The van der Waals surface area contributed by atoms with E-state index in [4.69, 9.17) is 4.74 Å². The molecule has 0 aliphatic carbocycles. The van der Waals surface area contributed by atoms with Crippen LogP contribution in [-0.2, 0) is 9.53 Å². The number of hydrogen-bond acceptors (Lipinski definition) is 8. The van der Waals surface area contributed by atoms with Crippen LogP contribution >= 0.6 is 11.3 Å². The molecule has 1 aromatic carbocycles. The first kappa shape index (κ1) is 18.7. The highest BCUT2D eigenvalue weighted by molar-refractivity contribution is 7.14. The number of hydrogen-bond donors (Lipinski definition) is 1. The van der Waals surface area contributed by atoms with Gasteiger partial charge in [0.1, 0.15) is 0 Å². The van der Waals surface area contributed by atoms with E-state index in [2.05, 4.69) is 25.4 Å². The Morgan fingerprint density at radius 1 is 1.17 bits per heavy atom. The molecule has 3 heterocycles. The molecule has 10 heteroatoms. The Labute approximate surface area is 169 Å². The summed E-state index contributed by atoms with van der Waals surface area (Å²) in [5.74, 6) is -1.18. The molecule has 0 bridgehead atoms. The smallest absolute Gasteiger partial charge is 0.379 e. The molecule has 1 atom stereocenters. The minimum atomic E-state index is -1.05. The fourth-order valence-electron chi connectivity index (χ4n) is 2.54. The molecular weight excluding hydrogens is 392 g/mol. The zero-order chi connectivity index (χ0) is 20.4. The summed E-state index contributed by atoms with van der Waals surface area (Å²) in [4.78, 5) is 37.1. The van der Waals surface area contributed by atoms with E-state index in [-0.39, 0.29) is 11.6 Å². The highest BCUT2D eigenvalue weighted by Crippen LogP contribution is 2.24. The number of aromatic nitrogens is 5. The number of ether oxygens (including phenoxy) is 1. The van der Waals surface area contributed by atoms with Crippen molar-refractivity contribution in [3.63, 3.8) is 0 Å². The molecule has 0 fully saturated rings. The predicted octanol–water partition coefficient (Wildman–Crippen LogP) is 2.74. The zero-order valence-corrected chi connectivity index (χ0v) is 16.4. The van der Waals surface area contributed by atoms with E-state index in [1.165, 1.54) is 22.8 Å². The second-order valence-corrected chi connectivity index (χ2v) is 7.03. The molecule has 0 aliphatic rings. The topological polar surface area (TPSA) is 111 Å². The maximum atomic E-state index is 12.4. The molecule has 0 saturated carbocycles. The number of thiazole rings is 1. The summed E-state index contributed by atoms with van der Waals surface area (Å²) in [6.45, 7) is 3.28. The molecule has 0 radical (unpaired) electrons. The average Bonchev–Trinajstić information content (AvgIpc) is 3.36. The summed E-state index contributed by atoms with van der Waals surface area (Å²) in [5, 5.41) is 8.99. The Hall–Kier alpha value is -3.66. The van der Waals surface area contributed by atoms with Crippen LogP contribution in [0.25, 0.3) is 17.0 Å². The van der Waals surface area contributed by atoms with Gasteiger partial charge in [-0.1, -0.05) is 30.3 Å². The maximum Gasteiger partial charge on any atom is 0.379 e. The van der Waals surface area contributed by atoms with Crippen molar-refractivity contribution in [3.8, 4) is 11.3 Å². The molecule has 0 unspecified atom stereocenters. The average molecular weight is 408 g/mol. The molecule has 0 aliphatic heterocycles. The van der Waals surface area contributed by atoms with Gasteiger partial charge < -0.3 is 4.74 Å². The number of carbonyl (C=O) groups excluding carboxylic acids is 2. The maximum absolute atomic E-state index is 12.4. The number of aryl methyl sites for hydroxylation is 1. The molecule has 1 N–H and O–H groups in total. The molecule has 0 saturated heterocycles. The largest absolute Gasteiger partial charge is 0.447 e. The van der Waals surface area contributed by atoms with Crippen LogP contribution < -0.4 is 5.32 Å². The van der Waals surface area contributed by atoms with Gasteiger partial charge >= 0.3 is 5.97 Å². The van der Waals surface area contributed by atoms with Crippen LogP contribution in [-0.4, -0.2) is 42.5 Å². The number of benzene rings is 1. The van der Waals surface area contributed by atoms with Gasteiger partial charge in [-0.3, -0.25) is 10.1 Å². The van der Waals surface area contributed by atoms with Gasteiger partial charge in [0.15, 0.2) is 11.2 Å². The van der Waals surface area contributed by atoms with Crippen LogP contribution in [0.2, 0.25) is 0 Å². The number of esters is 1. The van der Waals surface area contributed by atoms with Gasteiger partial charge in [-0.25, -0.2) is 19.3 Å². The van der Waals surface area contributed by atoms with E-state index in [1.54, 1.807) is 12.3 Å². The monoisotopic (exact) mass is 408 g/mol. The fraction of sp³-hybridized carbons (Fsp3) is 0.158. The lowest BCUT2D eigenvalue weighted by atomic mass is 10.2. The number of anilines is 1. The van der Waals surface area contributed by atoms with E-state index in [0.717, 1.165) is 17.0 Å². The summed E-state index contributed by atoms with van der Waals surface area (Å²) < 4.78 is 6.62. The van der Waals surface area contributed by atoms with Crippen molar-refractivity contribution in [2.24, 2.45) is 0 Å². The third kappa shape index (κ3) is 3.97. The number of nitrogens with one attached hydrogen (secondary N) is 1. The van der Waals surface area contributed by atoms with Gasteiger partial charge in [-0.05, 0) is 19.9 Å². The van der Waals surface area contributed by atoms with Crippen LogP contribution in [0.15, 0.2) is 48.0 Å². The van der Waals surface area contributed by atoms with Gasteiger partial charge in [0.25, 0.3) is 17.5 Å². The Morgan fingerprint density at radius 2 is 1.97 bits per heavy atom. The van der Waals surface area contributed by atoms with Crippen LogP contribution in [0.1, 0.15) is 23.2 Å². The van der Waals surface area contributed by atoms with E-state index < -0.39 is 18.0 Å². The summed E-state index contributed by atoms with van der Waals surface area (Å²) in [7, 11) is 0. The first-order valence-corrected chi connectivity index (χ1v) is 9.60. The first-order valence-electron chi connectivity index (χ1n) is 8.72. The Bertz CT molecular complexity index is 1190. The predicted molar refractivity (Wildman–Crippen MR) is 107 cm³/mol. The van der Waals surface area contributed by atoms with Gasteiger partial charge in [0.05, 0.1) is 5.69 Å². The molecule has 9 nitrogen and oxygen atoms in total. The second kappa shape index (κ2) is 7.76. The van der Waals surface area contributed by atoms with Crippen LogP contribution in [0, 0.1) is 6.92 Å². The molecule has 146 valence electrons. The second-order valence-electron chi connectivity index (χ2n) is 6.17. The van der Waals surface area contributed by atoms with Crippen molar-refractivity contribution in [2.75, 3.05) is 5.32 Å². The van der Waals surface area contributed by atoms with Crippen LogP contribution in [0.5, 0.6) is 0 Å². The zero-order valence-electron chi connectivity index (χ0n) is 15.6. The summed E-state index contributed by atoms with van der Waals surface area (Å²) in [6.07, 6.45) is 0.523. The van der Waals surface area contributed by atoms with Gasteiger partial charge in [0.2, 0.25) is 0 Å². The van der Waals surface area contributed by atoms with Crippen LogP contribution in [0.3, 0.4) is 0 Å². The number of nitrogens with zero attached hydrogens (tertiary/aromatic N) is 5. The molecule has 4 rings (SSSR count). The minimum absolute atomic E-state index is 0.160. The van der Waals surface area contributed by atoms with Crippen molar-refractivity contribution >= 4 is 34.1 Å².